The molecule has 1 N–H and O–H groups in total. The van der Waals surface area contributed by atoms with Gasteiger partial charge in [0.05, 0.1) is 0 Å². The van der Waals surface area contributed by atoms with Gasteiger partial charge in [-0.25, -0.2) is 0 Å². The highest BCUT2D eigenvalue weighted by molar-refractivity contribution is 5.76. The lowest BCUT2D eigenvalue weighted by molar-refractivity contribution is -0.137. The molecule has 0 aromatic heterocycles. The van der Waals surface area contributed by atoms with Gasteiger partial charge in [0.15, 0.2) is 0 Å². The summed E-state index contributed by atoms with van der Waals surface area (Å²) in [7, 11) is 0. The number of aliphatic carboxylic acids is 1. The Morgan fingerprint density at radius 3 is 2.84 bits per heavy atom. The second kappa shape index (κ2) is 6.73. The summed E-state index contributed by atoms with van der Waals surface area (Å²) < 4.78 is 0. The Morgan fingerprint density at radius 1 is 1.32 bits per heavy atom. The fourth-order valence-corrected chi connectivity index (χ4v) is 3.07. The molecule has 1 aliphatic carbocycles. The Balaban J connectivity index is 1.77. The average Bonchev–Trinajstić information content (AvgIpc) is 2.89. The van der Waals surface area contributed by atoms with E-state index in [9.17, 15) is 9.59 Å². The monoisotopic (exact) mass is 265 g/mol. The van der Waals surface area contributed by atoms with Gasteiger partial charge in [0.2, 0.25) is 5.91 Å². The molecule has 4 nitrogen and oxygen atoms in total. The van der Waals surface area contributed by atoms with Crippen LogP contribution in [0.5, 0.6) is 0 Å². The fourth-order valence-electron chi connectivity index (χ4n) is 3.07. The van der Waals surface area contributed by atoms with Gasteiger partial charge in [-0.05, 0) is 43.9 Å². The Bertz CT molecular complexity index is 364. The van der Waals surface area contributed by atoms with Crippen LogP contribution in [0, 0.1) is 11.8 Å². The number of likely N-dealkylation sites (tertiary alicyclic amines) is 1. The van der Waals surface area contributed by atoms with Crippen LogP contribution in [0.2, 0.25) is 0 Å². The molecule has 4 heteroatoms. The molecular formula is C15H23NO3. The third-order valence-corrected chi connectivity index (χ3v) is 4.19. The predicted molar refractivity (Wildman–Crippen MR) is 72.7 cm³/mol. The van der Waals surface area contributed by atoms with Crippen molar-refractivity contribution >= 4 is 11.9 Å². The van der Waals surface area contributed by atoms with Crippen molar-refractivity contribution in [1.29, 1.82) is 0 Å². The molecule has 19 heavy (non-hydrogen) atoms. The van der Waals surface area contributed by atoms with Crippen LogP contribution < -0.4 is 0 Å². The Labute approximate surface area is 114 Å². The number of rotatable bonds is 5. The normalized spacial score (nSPS) is 26.6. The SMILES string of the molecule is O=C(O)CC[C@@H]1CCCN(C(=O)C[C@H]2C=CCC2)C1. The van der Waals surface area contributed by atoms with Crippen LogP contribution in [-0.4, -0.2) is 35.0 Å². The summed E-state index contributed by atoms with van der Waals surface area (Å²) >= 11 is 0. The number of nitrogens with zero attached hydrogens (tertiary/aromatic N) is 1. The third kappa shape index (κ3) is 4.37. The quantitative estimate of drug-likeness (QED) is 0.777. The van der Waals surface area contributed by atoms with Gasteiger partial charge in [-0.3, -0.25) is 9.59 Å². The molecule has 0 aromatic carbocycles. The van der Waals surface area contributed by atoms with E-state index in [2.05, 4.69) is 12.2 Å². The van der Waals surface area contributed by atoms with Crippen LogP contribution in [0.3, 0.4) is 0 Å². The summed E-state index contributed by atoms with van der Waals surface area (Å²) in [6, 6.07) is 0. The lowest BCUT2D eigenvalue weighted by Gasteiger charge is -2.33. The minimum atomic E-state index is -0.737. The number of carbonyl (C=O) groups excluding carboxylic acids is 1. The molecule has 1 saturated heterocycles. The average molecular weight is 265 g/mol. The summed E-state index contributed by atoms with van der Waals surface area (Å²) in [6.07, 6.45) is 10.1. The highest BCUT2D eigenvalue weighted by Crippen LogP contribution is 2.25. The molecule has 0 radical (unpaired) electrons. The first-order valence-electron chi connectivity index (χ1n) is 7.31. The topological polar surface area (TPSA) is 57.6 Å². The van der Waals surface area contributed by atoms with Crippen LogP contribution in [0.15, 0.2) is 12.2 Å². The smallest absolute Gasteiger partial charge is 0.303 e. The number of hydrogen-bond donors (Lipinski definition) is 1. The maximum atomic E-state index is 12.2. The van der Waals surface area contributed by atoms with E-state index in [0.29, 0.717) is 24.7 Å². The molecule has 1 amide bonds. The van der Waals surface area contributed by atoms with E-state index < -0.39 is 5.97 Å². The zero-order valence-electron chi connectivity index (χ0n) is 11.4. The lowest BCUT2D eigenvalue weighted by Crippen LogP contribution is -2.40. The maximum Gasteiger partial charge on any atom is 0.303 e. The molecule has 2 rings (SSSR count). The molecule has 2 atom stereocenters. The maximum absolute atomic E-state index is 12.2. The van der Waals surface area contributed by atoms with Crippen molar-refractivity contribution in [3.05, 3.63) is 12.2 Å². The molecule has 0 spiro atoms. The molecular weight excluding hydrogens is 242 g/mol. The molecule has 1 aliphatic heterocycles. The first-order valence-corrected chi connectivity index (χ1v) is 7.31. The van der Waals surface area contributed by atoms with Crippen LogP contribution in [0.4, 0.5) is 0 Å². The Morgan fingerprint density at radius 2 is 2.16 bits per heavy atom. The highest BCUT2D eigenvalue weighted by Gasteiger charge is 2.25. The van der Waals surface area contributed by atoms with Gasteiger partial charge in [-0.1, -0.05) is 12.2 Å². The molecule has 0 bridgehead atoms. The number of allylic oxidation sites excluding steroid dienone is 2. The molecule has 0 unspecified atom stereocenters. The minimum absolute atomic E-state index is 0.220. The summed E-state index contributed by atoms with van der Waals surface area (Å²) in [5.41, 5.74) is 0. The van der Waals surface area contributed by atoms with Gasteiger partial charge in [0.25, 0.3) is 0 Å². The van der Waals surface area contributed by atoms with Crippen molar-refractivity contribution < 1.29 is 14.7 Å². The van der Waals surface area contributed by atoms with E-state index in [-0.39, 0.29) is 12.3 Å². The van der Waals surface area contributed by atoms with Crippen molar-refractivity contribution in [3.8, 4) is 0 Å². The van der Waals surface area contributed by atoms with E-state index in [4.69, 9.17) is 5.11 Å². The van der Waals surface area contributed by atoms with E-state index in [1.165, 1.54) is 0 Å². The molecule has 1 fully saturated rings. The van der Waals surface area contributed by atoms with E-state index >= 15 is 0 Å². The Hall–Kier alpha value is -1.32. The van der Waals surface area contributed by atoms with Crippen LogP contribution in [0.25, 0.3) is 0 Å². The number of carboxylic acids is 1. The molecule has 106 valence electrons. The molecule has 0 aromatic rings. The summed E-state index contributed by atoms with van der Waals surface area (Å²) in [4.78, 5) is 24.8. The van der Waals surface area contributed by atoms with Crippen LogP contribution in [-0.2, 0) is 9.59 Å². The first-order chi connectivity index (χ1) is 9.15. The van der Waals surface area contributed by atoms with Crippen molar-refractivity contribution in [2.75, 3.05) is 13.1 Å². The van der Waals surface area contributed by atoms with Crippen molar-refractivity contribution in [2.45, 2.75) is 44.9 Å². The second-order valence-electron chi connectivity index (χ2n) is 5.75. The summed E-state index contributed by atoms with van der Waals surface area (Å²) in [5.74, 6) is 0.302. The molecule has 1 heterocycles. The molecule has 0 saturated carbocycles. The van der Waals surface area contributed by atoms with Gasteiger partial charge < -0.3 is 10.0 Å². The zero-order valence-corrected chi connectivity index (χ0v) is 11.4. The number of carboxylic acid groups (broad SMARTS) is 1. The number of hydrogen-bond acceptors (Lipinski definition) is 2. The van der Waals surface area contributed by atoms with Gasteiger partial charge in [-0.2, -0.15) is 0 Å². The zero-order chi connectivity index (χ0) is 13.7. The van der Waals surface area contributed by atoms with Gasteiger partial charge in [0.1, 0.15) is 0 Å². The standard InChI is InChI=1S/C15H23NO3/c17-14(10-12-4-1-2-5-12)16-9-3-6-13(11-16)7-8-15(18)19/h1,4,12-13H,2-3,5-11H2,(H,18,19)/t12-,13-/m0/s1. The first kappa shape index (κ1) is 14.1. The van der Waals surface area contributed by atoms with E-state index in [1.807, 2.05) is 4.90 Å². The highest BCUT2D eigenvalue weighted by atomic mass is 16.4. The fraction of sp³-hybridized carbons (Fsp3) is 0.733. The van der Waals surface area contributed by atoms with Crippen molar-refractivity contribution in [2.24, 2.45) is 11.8 Å². The predicted octanol–water partition coefficient (Wildman–Crippen LogP) is 2.45. The number of carbonyl (C=O) groups is 2. The van der Waals surface area contributed by atoms with Crippen LogP contribution >= 0.6 is 0 Å². The van der Waals surface area contributed by atoms with E-state index in [1.54, 1.807) is 0 Å². The number of amides is 1. The number of piperidine rings is 1. The van der Waals surface area contributed by atoms with Crippen molar-refractivity contribution in [3.63, 3.8) is 0 Å². The third-order valence-electron chi connectivity index (χ3n) is 4.19. The minimum Gasteiger partial charge on any atom is -0.481 e. The van der Waals surface area contributed by atoms with E-state index in [0.717, 1.165) is 38.8 Å². The van der Waals surface area contributed by atoms with Gasteiger partial charge in [-0.15, -0.1) is 0 Å². The van der Waals surface area contributed by atoms with Crippen molar-refractivity contribution in [1.82, 2.24) is 4.90 Å². The second-order valence-corrected chi connectivity index (χ2v) is 5.75. The largest absolute Gasteiger partial charge is 0.481 e. The van der Waals surface area contributed by atoms with Gasteiger partial charge >= 0.3 is 5.97 Å². The van der Waals surface area contributed by atoms with Crippen LogP contribution in [0.1, 0.15) is 44.9 Å². The summed E-state index contributed by atoms with van der Waals surface area (Å²) in [5, 5.41) is 8.72. The Kier molecular flexibility index (Phi) is 5.00. The van der Waals surface area contributed by atoms with Gasteiger partial charge in [0, 0.05) is 25.9 Å². The lowest BCUT2D eigenvalue weighted by atomic mass is 9.92. The molecule has 2 aliphatic rings. The summed E-state index contributed by atoms with van der Waals surface area (Å²) in [6.45, 7) is 1.60.